The molecule has 0 saturated heterocycles. The van der Waals surface area contributed by atoms with Crippen LogP contribution in [0, 0.1) is 5.82 Å². The lowest BCUT2D eigenvalue weighted by atomic mass is 10.1. The summed E-state index contributed by atoms with van der Waals surface area (Å²) in [6, 6.07) is 2.68. The second-order valence-corrected chi connectivity index (χ2v) is 6.38. The average Bonchev–Trinajstić information content (AvgIpc) is 2.23. The Hall–Kier alpha value is -1.15. The van der Waals surface area contributed by atoms with Crippen molar-refractivity contribution >= 4 is 9.84 Å². The molecule has 0 aromatic heterocycles. The van der Waals surface area contributed by atoms with Crippen LogP contribution in [0.3, 0.4) is 0 Å². The molecule has 0 aliphatic heterocycles. The molecule has 19 heavy (non-hydrogen) atoms. The topological polar surface area (TPSA) is 46.2 Å². The van der Waals surface area contributed by atoms with Crippen LogP contribution in [0.15, 0.2) is 18.2 Å². The second kappa shape index (κ2) is 5.87. The molecule has 0 aliphatic rings. The lowest BCUT2D eigenvalue weighted by Gasteiger charge is -2.10. The molecule has 0 bridgehead atoms. The predicted molar refractivity (Wildman–Crippen MR) is 62.8 cm³/mol. The van der Waals surface area contributed by atoms with Crippen molar-refractivity contribution in [2.24, 2.45) is 0 Å². The Bertz CT molecular complexity index is 540. The first-order chi connectivity index (χ1) is 8.59. The molecule has 0 amide bonds. The van der Waals surface area contributed by atoms with Crippen LogP contribution < -0.4 is 5.32 Å². The van der Waals surface area contributed by atoms with Gasteiger partial charge in [0.1, 0.15) is 15.7 Å². The molecule has 0 radical (unpaired) electrons. The molecule has 0 saturated carbocycles. The maximum Gasteiger partial charge on any atom is 0.419 e. The van der Waals surface area contributed by atoms with E-state index in [1.807, 2.05) is 0 Å². The zero-order valence-corrected chi connectivity index (χ0v) is 10.9. The smallest absolute Gasteiger partial charge is 0.312 e. The van der Waals surface area contributed by atoms with Crippen LogP contribution in [0.1, 0.15) is 11.1 Å². The third kappa shape index (κ3) is 5.56. The Balaban J connectivity index is 2.66. The minimum atomic E-state index is -4.74. The van der Waals surface area contributed by atoms with Crippen LogP contribution in [0.2, 0.25) is 0 Å². The van der Waals surface area contributed by atoms with E-state index in [2.05, 4.69) is 5.32 Å². The first-order valence-electron chi connectivity index (χ1n) is 5.33. The number of rotatable bonds is 5. The van der Waals surface area contributed by atoms with Gasteiger partial charge in [-0.15, -0.1) is 0 Å². The van der Waals surface area contributed by atoms with Gasteiger partial charge in [0.15, 0.2) is 0 Å². The Morgan fingerprint density at radius 1 is 1.26 bits per heavy atom. The lowest BCUT2D eigenvalue weighted by Crippen LogP contribution is -2.22. The maximum atomic E-state index is 13.0. The van der Waals surface area contributed by atoms with E-state index in [1.165, 1.54) is 6.07 Å². The first kappa shape index (κ1) is 15.9. The highest BCUT2D eigenvalue weighted by Gasteiger charge is 2.34. The van der Waals surface area contributed by atoms with Gasteiger partial charge in [-0.05, 0) is 17.7 Å². The predicted octanol–water partition coefficient (Wildman–Crippen LogP) is 1.98. The number of halogens is 4. The fraction of sp³-hybridized carbons (Fsp3) is 0.455. The quantitative estimate of drug-likeness (QED) is 0.668. The summed E-state index contributed by atoms with van der Waals surface area (Å²) in [6.45, 7) is 0.163. The molecule has 0 aliphatic carbocycles. The third-order valence-electron chi connectivity index (χ3n) is 2.31. The van der Waals surface area contributed by atoms with Gasteiger partial charge in [0.05, 0.1) is 11.3 Å². The summed E-state index contributed by atoms with van der Waals surface area (Å²) in [7, 11) is -3.12. The van der Waals surface area contributed by atoms with Crippen molar-refractivity contribution < 1.29 is 26.0 Å². The Kier molecular flexibility index (Phi) is 4.92. The Morgan fingerprint density at radius 2 is 1.89 bits per heavy atom. The molecule has 3 nitrogen and oxygen atoms in total. The standard InChI is InChI=1S/C11H13F4NO2S/c1-19(17,18)5-4-16-7-8-2-3-10(12)9(6-8)11(13,14)15/h2-3,6,16H,4-5,7H2,1H3. The maximum absolute atomic E-state index is 13.0. The molecule has 1 aromatic carbocycles. The number of hydrogen-bond acceptors (Lipinski definition) is 3. The van der Waals surface area contributed by atoms with Gasteiger partial charge in [0, 0.05) is 19.3 Å². The summed E-state index contributed by atoms with van der Waals surface area (Å²) in [5.74, 6) is -1.44. The molecule has 1 rings (SSSR count). The van der Waals surface area contributed by atoms with Gasteiger partial charge in [0.2, 0.25) is 0 Å². The van der Waals surface area contributed by atoms with Crippen LogP contribution in [0.25, 0.3) is 0 Å². The lowest BCUT2D eigenvalue weighted by molar-refractivity contribution is -0.140. The molecule has 0 fully saturated rings. The largest absolute Gasteiger partial charge is 0.419 e. The molecule has 108 valence electrons. The van der Waals surface area contributed by atoms with Crippen molar-refractivity contribution in [1.82, 2.24) is 5.32 Å². The zero-order chi connectivity index (χ0) is 14.7. The molecule has 0 atom stereocenters. The summed E-state index contributed by atoms with van der Waals surface area (Å²) in [4.78, 5) is 0. The molecule has 0 heterocycles. The van der Waals surface area contributed by atoms with E-state index in [4.69, 9.17) is 0 Å². The highest BCUT2D eigenvalue weighted by molar-refractivity contribution is 7.90. The zero-order valence-electron chi connectivity index (χ0n) is 10.1. The molecule has 0 spiro atoms. The number of sulfone groups is 1. The number of alkyl halides is 3. The monoisotopic (exact) mass is 299 g/mol. The van der Waals surface area contributed by atoms with Gasteiger partial charge in [-0.2, -0.15) is 13.2 Å². The van der Waals surface area contributed by atoms with Crippen LogP contribution >= 0.6 is 0 Å². The van der Waals surface area contributed by atoms with Crippen LogP contribution in [-0.2, 0) is 22.6 Å². The summed E-state index contributed by atoms with van der Waals surface area (Å²) in [5, 5.41) is 2.69. The number of hydrogen-bond donors (Lipinski definition) is 1. The van der Waals surface area contributed by atoms with Gasteiger partial charge in [-0.25, -0.2) is 12.8 Å². The van der Waals surface area contributed by atoms with Crippen molar-refractivity contribution in [1.29, 1.82) is 0 Å². The van der Waals surface area contributed by atoms with E-state index in [1.54, 1.807) is 0 Å². The number of nitrogens with one attached hydrogen (secondary N) is 1. The molecule has 1 N–H and O–H groups in total. The van der Waals surface area contributed by atoms with E-state index in [9.17, 15) is 26.0 Å². The normalized spacial score (nSPS) is 12.7. The fourth-order valence-corrected chi connectivity index (χ4v) is 1.91. The summed E-state index contributed by atoms with van der Waals surface area (Å²) in [6.07, 6.45) is -3.68. The summed E-state index contributed by atoms with van der Waals surface area (Å²) >= 11 is 0. The molecule has 0 unspecified atom stereocenters. The minimum Gasteiger partial charge on any atom is -0.312 e. The molecular weight excluding hydrogens is 286 g/mol. The minimum absolute atomic E-state index is 0.0406. The van der Waals surface area contributed by atoms with Crippen molar-refractivity contribution in [2.75, 3.05) is 18.6 Å². The van der Waals surface area contributed by atoms with Gasteiger partial charge in [-0.3, -0.25) is 0 Å². The fourth-order valence-electron chi connectivity index (χ4n) is 1.39. The summed E-state index contributed by atoms with van der Waals surface area (Å²) in [5.41, 5.74) is -1.09. The Labute approximate surface area is 108 Å². The van der Waals surface area contributed by atoms with E-state index < -0.39 is 27.4 Å². The average molecular weight is 299 g/mol. The second-order valence-electron chi connectivity index (χ2n) is 4.12. The van der Waals surface area contributed by atoms with Gasteiger partial charge in [-0.1, -0.05) is 6.07 Å². The van der Waals surface area contributed by atoms with Gasteiger partial charge >= 0.3 is 6.18 Å². The SMILES string of the molecule is CS(=O)(=O)CCNCc1ccc(F)c(C(F)(F)F)c1. The van der Waals surface area contributed by atoms with Crippen LogP contribution in [0.5, 0.6) is 0 Å². The van der Waals surface area contributed by atoms with Crippen molar-refractivity contribution in [3.63, 3.8) is 0 Å². The van der Waals surface area contributed by atoms with E-state index in [0.29, 0.717) is 6.07 Å². The molecule has 8 heteroatoms. The summed E-state index contributed by atoms with van der Waals surface area (Å²) < 4.78 is 72.0. The first-order valence-corrected chi connectivity index (χ1v) is 7.40. The third-order valence-corrected chi connectivity index (χ3v) is 3.26. The van der Waals surface area contributed by atoms with Crippen molar-refractivity contribution in [3.05, 3.63) is 35.1 Å². The van der Waals surface area contributed by atoms with Gasteiger partial charge < -0.3 is 5.32 Å². The van der Waals surface area contributed by atoms with E-state index >= 15 is 0 Å². The highest BCUT2D eigenvalue weighted by atomic mass is 32.2. The molecular formula is C11H13F4NO2S. The Morgan fingerprint density at radius 3 is 2.42 bits per heavy atom. The van der Waals surface area contributed by atoms with Crippen LogP contribution in [-0.4, -0.2) is 27.0 Å². The highest BCUT2D eigenvalue weighted by Crippen LogP contribution is 2.31. The van der Waals surface area contributed by atoms with Crippen molar-refractivity contribution in [3.8, 4) is 0 Å². The van der Waals surface area contributed by atoms with E-state index in [-0.39, 0.29) is 24.4 Å². The molecule has 1 aromatic rings. The van der Waals surface area contributed by atoms with Crippen molar-refractivity contribution in [2.45, 2.75) is 12.7 Å². The van der Waals surface area contributed by atoms with E-state index in [0.717, 1.165) is 12.3 Å². The number of benzene rings is 1. The van der Waals surface area contributed by atoms with Crippen LogP contribution in [0.4, 0.5) is 17.6 Å². The van der Waals surface area contributed by atoms with Gasteiger partial charge in [0.25, 0.3) is 0 Å².